The smallest absolute Gasteiger partial charge is 0.330 e. The first-order chi connectivity index (χ1) is 8.16. The lowest BCUT2D eigenvalue weighted by molar-refractivity contribution is -0.386. The number of aryl methyl sites for hydroxylation is 1. The van der Waals surface area contributed by atoms with Gasteiger partial charge in [0.2, 0.25) is 0 Å². The SMILES string of the molecule is Cc1ccc([N+](=O)[O-])c(OCC2CCNC2)n1. The molecule has 1 unspecified atom stereocenters. The normalized spacial score (nSPS) is 19.2. The molecule has 6 nitrogen and oxygen atoms in total. The molecule has 1 saturated heterocycles. The van der Waals surface area contributed by atoms with Gasteiger partial charge in [-0.3, -0.25) is 10.1 Å². The first-order valence-corrected chi connectivity index (χ1v) is 5.62. The third-order valence-corrected chi connectivity index (χ3v) is 2.79. The Kier molecular flexibility index (Phi) is 3.53. The summed E-state index contributed by atoms with van der Waals surface area (Å²) in [6, 6.07) is 3.05. The molecular weight excluding hydrogens is 222 g/mol. The molecule has 1 atom stereocenters. The molecule has 1 aromatic rings. The summed E-state index contributed by atoms with van der Waals surface area (Å²) in [6.07, 6.45) is 1.04. The van der Waals surface area contributed by atoms with Gasteiger partial charge in [0.05, 0.1) is 11.5 Å². The molecule has 92 valence electrons. The number of nitro groups is 1. The number of hydrogen-bond acceptors (Lipinski definition) is 5. The molecule has 0 aliphatic carbocycles. The fraction of sp³-hybridized carbons (Fsp3) is 0.545. The third kappa shape index (κ3) is 2.91. The van der Waals surface area contributed by atoms with Crippen molar-refractivity contribution in [2.75, 3.05) is 19.7 Å². The highest BCUT2D eigenvalue weighted by atomic mass is 16.6. The van der Waals surface area contributed by atoms with Crippen molar-refractivity contribution in [1.82, 2.24) is 10.3 Å². The Hall–Kier alpha value is -1.69. The molecule has 17 heavy (non-hydrogen) atoms. The maximum absolute atomic E-state index is 10.8. The van der Waals surface area contributed by atoms with Crippen molar-refractivity contribution in [3.63, 3.8) is 0 Å². The average molecular weight is 237 g/mol. The molecular formula is C11H15N3O3. The van der Waals surface area contributed by atoms with Crippen LogP contribution in [0.1, 0.15) is 12.1 Å². The summed E-state index contributed by atoms with van der Waals surface area (Å²) in [6.45, 7) is 4.15. The number of aromatic nitrogens is 1. The van der Waals surface area contributed by atoms with E-state index in [1.807, 2.05) is 0 Å². The van der Waals surface area contributed by atoms with Crippen LogP contribution in [-0.4, -0.2) is 29.6 Å². The van der Waals surface area contributed by atoms with Crippen molar-refractivity contribution in [1.29, 1.82) is 0 Å². The fourth-order valence-electron chi connectivity index (χ4n) is 1.82. The number of nitrogens with one attached hydrogen (secondary N) is 1. The Morgan fingerprint density at radius 2 is 2.47 bits per heavy atom. The molecule has 1 aromatic heterocycles. The molecule has 0 saturated carbocycles. The minimum absolute atomic E-state index is 0.0680. The second-order valence-corrected chi connectivity index (χ2v) is 4.20. The summed E-state index contributed by atoms with van der Waals surface area (Å²) in [5.74, 6) is 0.541. The van der Waals surface area contributed by atoms with Gasteiger partial charge >= 0.3 is 5.69 Å². The van der Waals surface area contributed by atoms with Gasteiger partial charge in [-0.1, -0.05) is 0 Å². The highest BCUT2D eigenvalue weighted by Crippen LogP contribution is 2.25. The highest BCUT2D eigenvalue weighted by molar-refractivity contribution is 5.41. The van der Waals surface area contributed by atoms with E-state index in [1.54, 1.807) is 13.0 Å². The summed E-state index contributed by atoms with van der Waals surface area (Å²) in [4.78, 5) is 14.4. The van der Waals surface area contributed by atoms with Crippen LogP contribution in [0, 0.1) is 23.0 Å². The topological polar surface area (TPSA) is 77.3 Å². The van der Waals surface area contributed by atoms with Gasteiger partial charge in [0.25, 0.3) is 5.88 Å². The largest absolute Gasteiger partial charge is 0.472 e. The fourth-order valence-corrected chi connectivity index (χ4v) is 1.82. The number of rotatable bonds is 4. The molecule has 6 heteroatoms. The molecule has 1 aliphatic heterocycles. The molecule has 0 radical (unpaired) electrons. The number of pyridine rings is 1. The van der Waals surface area contributed by atoms with E-state index < -0.39 is 4.92 Å². The van der Waals surface area contributed by atoms with Crippen molar-refractivity contribution in [2.45, 2.75) is 13.3 Å². The molecule has 1 aliphatic rings. The van der Waals surface area contributed by atoms with Gasteiger partial charge in [0.15, 0.2) is 0 Å². The predicted molar refractivity (Wildman–Crippen MR) is 62.1 cm³/mol. The maximum atomic E-state index is 10.8. The average Bonchev–Trinajstić information content (AvgIpc) is 2.78. The highest BCUT2D eigenvalue weighted by Gasteiger charge is 2.20. The van der Waals surface area contributed by atoms with Gasteiger partial charge in [-0.25, -0.2) is 4.98 Å². The molecule has 0 spiro atoms. The lowest BCUT2D eigenvalue weighted by Crippen LogP contribution is -2.16. The summed E-state index contributed by atoms with van der Waals surface area (Å²) in [7, 11) is 0. The predicted octanol–water partition coefficient (Wildman–Crippen LogP) is 1.29. The van der Waals surface area contributed by atoms with Crippen molar-refractivity contribution in [2.24, 2.45) is 5.92 Å². The second kappa shape index (κ2) is 5.09. The minimum atomic E-state index is -0.464. The Morgan fingerprint density at radius 1 is 1.65 bits per heavy atom. The second-order valence-electron chi connectivity index (χ2n) is 4.20. The van der Waals surface area contributed by atoms with E-state index in [4.69, 9.17) is 4.74 Å². The van der Waals surface area contributed by atoms with Crippen LogP contribution in [0.15, 0.2) is 12.1 Å². The van der Waals surface area contributed by atoms with E-state index in [2.05, 4.69) is 10.3 Å². The van der Waals surface area contributed by atoms with Gasteiger partial charge in [-0.05, 0) is 26.0 Å². The zero-order valence-corrected chi connectivity index (χ0v) is 9.68. The standard InChI is InChI=1S/C11H15N3O3/c1-8-2-3-10(14(15)16)11(13-8)17-7-9-4-5-12-6-9/h2-3,9,12H,4-7H2,1H3. The molecule has 0 aromatic carbocycles. The number of hydrogen-bond donors (Lipinski definition) is 1. The summed E-state index contributed by atoms with van der Waals surface area (Å²) in [5.41, 5.74) is 0.650. The summed E-state index contributed by atoms with van der Waals surface area (Å²) in [5, 5.41) is 14.0. The van der Waals surface area contributed by atoms with E-state index in [-0.39, 0.29) is 11.6 Å². The number of ether oxygens (including phenoxy) is 1. The third-order valence-electron chi connectivity index (χ3n) is 2.79. The molecule has 0 bridgehead atoms. The van der Waals surface area contributed by atoms with Crippen molar-refractivity contribution in [3.05, 3.63) is 27.9 Å². The van der Waals surface area contributed by atoms with Crippen LogP contribution in [0.4, 0.5) is 5.69 Å². The van der Waals surface area contributed by atoms with Gasteiger partial charge in [-0.2, -0.15) is 0 Å². The van der Waals surface area contributed by atoms with E-state index in [1.165, 1.54) is 6.07 Å². The Morgan fingerprint density at radius 3 is 3.12 bits per heavy atom. The monoisotopic (exact) mass is 237 g/mol. The van der Waals surface area contributed by atoms with Crippen LogP contribution in [0.5, 0.6) is 5.88 Å². The number of nitrogens with zero attached hydrogens (tertiary/aromatic N) is 2. The molecule has 1 fully saturated rings. The van der Waals surface area contributed by atoms with Gasteiger partial charge in [0, 0.05) is 24.2 Å². The van der Waals surface area contributed by atoms with Crippen molar-refractivity contribution in [3.8, 4) is 5.88 Å². The molecule has 1 N–H and O–H groups in total. The quantitative estimate of drug-likeness (QED) is 0.630. The van der Waals surface area contributed by atoms with Gasteiger partial charge < -0.3 is 10.1 Å². The first kappa shape index (κ1) is 11.8. The van der Waals surface area contributed by atoms with E-state index in [0.29, 0.717) is 12.5 Å². The van der Waals surface area contributed by atoms with Crippen LogP contribution in [0.2, 0.25) is 0 Å². The summed E-state index contributed by atoms with van der Waals surface area (Å²) >= 11 is 0. The molecule has 2 rings (SSSR count). The van der Waals surface area contributed by atoms with E-state index in [0.717, 1.165) is 25.2 Å². The molecule has 2 heterocycles. The van der Waals surface area contributed by atoms with Gasteiger partial charge in [-0.15, -0.1) is 0 Å². The van der Waals surface area contributed by atoms with Crippen LogP contribution in [0.3, 0.4) is 0 Å². The maximum Gasteiger partial charge on any atom is 0.330 e. The lowest BCUT2D eigenvalue weighted by atomic mass is 10.1. The first-order valence-electron chi connectivity index (χ1n) is 5.62. The van der Waals surface area contributed by atoms with Crippen LogP contribution in [0.25, 0.3) is 0 Å². The lowest BCUT2D eigenvalue weighted by Gasteiger charge is -2.10. The van der Waals surface area contributed by atoms with Crippen LogP contribution in [-0.2, 0) is 0 Å². The summed E-state index contributed by atoms with van der Waals surface area (Å²) < 4.78 is 5.47. The zero-order chi connectivity index (χ0) is 12.3. The van der Waals surface area contributed by atoms with E-state index >= 15 is 0 Å². The van der Waals surface area contributed by atoms with Crippen LogP contribution < -0.4 is 10.1 Å². The van der Waals surface area contributed by atoms with Crippen molar-refractivity contribution >= 4 is 5.69 Å². The minimum Gasteiger partial charge on any atom is -0.472 e. The zero-order valence-electron chi connectivity index (χ0n) is 9.68. The van der Waals surface area contributed by atoms with E-state index in [9.17, 15) is 10.1 Å². The van der Waals surface area contributed by atoms with Crippen LogP contribution >= 0.6 is 0 Å². The van der Waals surface area contributed by atoms with Crippen molar-refractivity contribution < 1.29 is 9.66 Å². The molecule has 0 amide bonds. The Balaban J connectivity index is 2.07. The van der Waals surface area contributed by atoms with Gasteiger partial charge in [0.1, 0.15) is 0 Å². The Labute approximate surface area is 99.2 Å². The Bertz CT molecular complexity index is 416.